The lowest BCUT2D eigenvalue weighted by Gasteiger charge is -2.25. The van der Waals surface area contributed by atoms with Gasteiger partial charge in [0.25, 0.3) is 0 Å². The number of anilines is 2. The van der Waals surface area contributed by atoms with Crippen molar-refractivity contribution in [1.29, 1.82) is 0 Å². The van der Waals surface area contributed by atoms with Crippen LogP contribution in [0.25, 0.3) is 22.0 Å². The Morgan fingerprint density at radius 1 is 1.07 bits per heavy atom. The van der Waals surface area contributed by atoms with Gasteiger partial charge in [0.2, 0.25) is 5.91 Å². The van der Waals surface area contributed by atoms with E-state index in [1.165, 1.54) is 0 Å². The molecule has 0 bridgehead atoms. The number of hydrogen-bond acceptors (Lipinski definition) is 6. The average molecular weight is 399 g/mol. The van der Waals surface area contributed by atoms with Gasteiger partial charge in [0.1, 0.15) is 23.7 Å². The quantitative estimate of drug-likeness (QED) is 0.552. The van der Waals surface area contributed by atoms with Gasteiger partial charge >= 0.3 is 0 Å². The summed E-state index contributed by atoms with van der Waals surface area (Å²) in [5.74, 6) is 2.06. The molecule has 1 amide bonds. The highest BCUT2D eigenvalue weighted by atomic mass is 16.3. The number of fused-ring (bicyclic) bond motifs is 2. The number of amides is 1. The molecule has 7 nitrogen and oxygen atoms in total. The van der Waals surface area contributed by atoms with Crippen molar-refractivity contribution in [3.05, 3.63) is 54.7 Å². The van der Waals surface area contributed by atoms with Crippen LogP contribution in [0.2, 0.25) is 0 Å². The molecule has 2 aromatic carbocycles. The van der Waals surface area contributed by atoms with Gasteiger partial charge in [0, 0.05) is 29.6 Å². The summed E-state index contributed by atoms with van der Waals surface area (Å²) in [6.45, 7) is 0.797. The number of nitrogens with one attached hydrogen (secondary N) is 1. The number of hydrogen-bond donors (Lipinski definition) is 1. The fraction of sp³-hybridized carbons (Fsp3) is 0.304. The molecule has 7 heteroatoms. The van der Waals surface area contributed by atoms with Crippen molar-refractivity contribution in [1.82, 2.24) is 15.0 Å². The van der Waals surface area contributed by atoms with Crippen molar-refractivity contribution in [2.24, 2.45) is 0 Å². The molecule has 2 fully saturated rings. The van der Waals surface area contributed by atoms with Crippen molar-refractivity contribution in [3.8, 4) is 0 Å². The fourth-order valence-corrected chi connectivity index (χ4v) is 4.26. The van der Waals surface area contributed by atoms with Crippen LogP contribution in [0.15, 0.2) is 53.2 Å². The van der Waals surface area contributed by atoms with Crippen LogP contribution in [-0.4, -0.2) is 33.4 Å². The van der Waals surface area contributed by atoms with Crippen molar-refractivity contribution in [3.63, 3.8) is 0 Å². The smallest absolute Gasteiger partial charge is 0.247 e. The summed E-state index contributed by atoms with van der Waals surface area (Å²) in [5, 5.41) is 4.03. The molecule has 1 unspecified atom stereocenters. The molecule has 1 saturated carbocycles. The van der Waals surface area contributed by atoms with Crippen molar-refractivity contribution < 1.29 is 9.21 Å². The monoisotopic (exact) mass is 399 g/mol. The third-order valence-corrected chi connectivity index (χ3v) is 5.95. The summed E-state index contributed by atoms with van der Waals surface area (Å²) in [4.78, 5) is 28.6. The Morgan fingerprint density at radius 2 is 1.97 bits per heavy atom. The van der Waals surface area contributed by atoms with E-state index in [9.17, 15) is 4.79 Å². The molecular formula is C23H21N5O2. The van der Waals surface area contributed by atoms with E-state index in [1.54, 1.807) is 6.33 Å². The Morgan fingerprint density at radius 3 is 2.87 bits per heavy atom. The van der Waals surface area contributed by atoms with E-state index in [0.29, 0.717) is 5.92 Å². The molecule has 1 aliphatic heterocycles. The van der Waals surface area contributed by atoms with Gasteiger partial charge in [0.05, 0.1) is 5.52 Å². The Bertz CT molecular complexity index is 1260. The minimum Gasteiger partial charge on any atom is -0.440 e. The molecule has 0 radical (unpaired) electrons. The molecular weight excluding hydrogens is 378 g/mol. The lowest BCUT2D eigenvalue weighted by molar-refractivity contribution is -0.117. The van der Waals surface area contributed by atoms with Gasteiger partial charge < -0.3 is 14.6 Å². The molecule has 1 atom stereocenters. The van der Waals surface area contributed by atoms with E-state index < -0.39 is 0 Å². The van der Waals surface area contributed by atoms with Crippen LogP contribution in [0.1, 0.15) is 37.5 Å². The maximum absolute atomic E-state index is 13.2. The summed E-state index contributed by atoms with van der Waals surface area (Å²) in [6.07, 6.45) is 5.60. The van der Waals surface area contributed by atoms with Crippen LogP contribution in [0.5, 0.6) is 0 Å². The number of carbonyl (C=O) groups is 1. The zero-order valence-corrected chi connectivity index (χ0v) is 16.4. The first kappa shape index (κ1) is 17.4. The number of oxazole rings is 1. The zero-order chi connectivity index (χ0) is 20.1. The molecule has 1 N–H and O–H groups in total. The molecule has 2 aromatic heterocycles. The van der Waals surface area contributed by atoms with Crippen LogP contribution in [0.3, 0.4) is 0 Å². The third-order valence-electron chi connectivity index (χ3n) is 5.95. The van der Waals surface area contributed by atoms with Crippen LogP contribution in [0, 0.1) is 0 Å². The Balaban J connectivity index is 1.26. The summed E-state index contributed by atoms with van der Waals surface area (Å²) in [6, 6.07) is 13.3. The number of rotatable bonds is 4. The lowest BCUT2D eigenvalue weighted by Crippen LogP contribution is -2.40. The minimum absolute atomic E-state index is 0.0310. The van der Waals surface area contributed by atoms with Gasteiger partial charge in [-0.05, 0) is 49.9 Å². The minimum atomic E-state index is -0.268. The summed E-state index contributed by atoms with van der Waals surface area (Å²) in [5.41, 5.74) is 3.17. The summed E-state index contributed by atoms with van der Waals surface area (Å²) < 4.78 is 5.89. The third kappa shape index (κ3) is 2.98. The van der Waals surface area contributed by atoms with Gasteiger partial charge in [0.15, 0.2) is 11.5 Å². The normalized spacial score (nSPS) is 18.9. The van der Waals surface area contributed by atoms with Gasteiger partial charge in [-0.15, -0.1) is 0 Å². The molecule has 3 heterocycles. The molecule has 1 aliphatic carbocycles. The summed E-state index contributed by atoms with van der Waals surface area (Å²) >= 11 is 0. The number of para-hydroxylation sites is 1. The predicted molar refractivity (Wildman–Crippen MR) is 115 cm³/mol. The van der Waals surface area contributed by atoms with Crippen LogP contribution in [0.4, 0.5) is 11.5 Å². The van der Waals surface area contributed by atoms with E-state index in [2.05, 4.69) is 25.2 Å². The Labute approximate surface area is 173 Å². The molecule has 30 heavy (non-hydrogen) atoms. The maximum Gasteiger partial charge on any atom is 0.247 e. The number of nitrogens with zero attached hydrogens (tertiary/aromatic N) is 4. The maximum atomic E-state index is 13.2. The fourth-order valence-electron chi connectivity index (χ4n) is 4.26. The van der Waals surface area contributed by atoms with Crippen LogP contribution < -0.4 is 10.2 Å². The largest absolute Gasteiger partial charge is 0.440 e. The van der Waals surface area contributed by atoms with Crippen LogP contribution in [-0.2, 0) is 4.79 Å². The average Bonchev–Trinajstić information content (AvgIpc) is 3.35. The first-order chi connectivity index (χ1) is 14.8. The predicted octanol–water partition coefficient (Wildman–Crippen LogP) is 4.26. The standard InChI is InChI=1S/C23H21N5O2/c29-22(26-15-9-10-18-20(12-15)30-23(27-18)14-7-8-14)19-6-3-11-28(19)21-16-4-1-2-5-17(16)24-13-25-21/h1-2,4-5,9-10,12-14,19H,3,6-8,11H2,(H,26,29). The van der Waals surface area contributed by atoms with E-state index in [-0.39, 0.29) is 11.9 Å². The number of aromatic nitrogens is 3. The SMILES string of the molecule is O=C(Nc1ccc2nc(C3CC3)oc2c1)C1CCCN1c1ncnc2ccccc12. The van der Waals surface area contributed by atoms with Gasteiger partial charge in [-0.3, -0.25) is 4.79 Å². The second kappa shape index (κ2) is 6.79. The van der Waals surface area contributed by atoms with Gasteiger partial charge in [-0.1, -0.05) is 12.1 Å². The highest BCUT2D eigenvalue weighted by Gasteiger charge is 2.33. The zero-order valence-electron chi connectivity index (χ0n) is 16.4. The van der Waals surface area contributed by atoms with Gasteiger partial charge in [-0.25, -0.2) is 15.0 Å². The van der Waals surface area contributed by atoms with Crippen molar-refractivity contribution in [2.45, 2.75) is 37.6 Å². The second-order valence-corrected chi connectivity index (χ2v) is 8.06. The number of carbonyl (C=O) groups excluding carboxylic acids is 1. The summed E-state index contributed by atoms with van der Waals surface area (Å²) in [7, 11) is 0. The van der Waals surface area contributed by atoms with Crippen LogP contribution >= 0.6 is 0 Å². The molecule has 6 rings (SSSR count). The highest BCUT2D eigenvalue weighted by Crippen LogP contribution is 2.40. The van der Waals surface area contributed by atoms with E-state index in [1.807, 2.05) is 42.5 Å². The lowest BCUT2D eigenvalue weighted by atomic mass is 10.1. The molecule has 0 spiro atoms. The molecule has 2 aliphatic rings. The molecule has 150 valence electrons. The first-order valence-electron chi connectivity index (χ1n) is 10.4. The van der Waals surface area contributed by atoms with E-state index in [4.69, 9.17) is 4.42 Å². The molecule has 4 aromatic rings. The van der Waals surface area contributed by atoms with Gasteiger partial charge in [-0.2, -0.15) is 0 Å². The van der Waals surface area contributed by atoms with Crippen molar-refractivity contribution >= 4 is 39.4 Å². The van der Waals surface area contributed by atoms with E-state index in [0.717, 1.165) is 71.6 Å². The first-order valence-corrected chi connectivity index (χ1v) is 10.4. The Kier molecular flexibility index (Phi) is 3.94. The number of benzene rings is 2. The molecule has 1 saturated heterocycles. The highest BCUT2D eigenvalue weighted by molar-refractivity contribution is 6.00. The van der Waals surface area contributed by atoms with E-state index >= 15 is 0 Å². The second-order valence-electron chi connectivity index (χ2n) is 8.06. The van der Waals surface area contributed by atoms with Crippen molar-refractivity contribution in [2.75, 3.05) is 16.8 Å². The Hall–Kier alpha value is -3.48. The topological polar surface area (TPSA) is 84.2 Å².